The molecule has 0 aliphatic carbocycles. The molecule has 0 spiro atoms. The molecule has 16 heavy (non-hydrogen) atoms. The molecular weight excluding hydrogens is 220 g/mol. The number of nitrogens with two attached hydrogens (primary N) is 1. The van der Waals surface area contributed by atoms with Crippen molar-refractivity contribution in [3.05, 3.63) is 22.4 Å². The standard InChI is InChI=1S/C12H18N2OS/c1-9-4-2-5-10(8-13)14(9)12(15)11-6-3-7-16-11/h3,6-7,9-10H,2,4-5,8,13H2,1H3. The van der Waals surface area contributed by atoms with E-state index in [1.54, 1.807) is 0 Å². The van der Waals surface area contributed by atoms with Gasteiger partial charge >= 0.3 is 0 Å². The van der Waals surface area contributed by atoms with Crippen molar-refractivity contribution >= 4 is 17.2 Å². The largest absolute Gasteiger partial charge is 0.331 e. The Bertz CT molecular complexity index is 350. The fraction of sp³-hybridized carbons (Fsp3) is 0.583. The van der Waals surface area contributed by atoms with Crippen LogP contribution in [0.2, 0.25) is 0 Å². The highest BCUT2D eigenvalue weighted by Crippen LogP contribution is 2.25. The summed E-state index contributed by atoms with van der Waals surface area (Å²) >= 11 is 1.51. The second-order valence-electron chi connectivity index (χ2n) is 4.36. The Hall–Kier alpha value is -0.870. The van der Waals surface area contributed by atoms with Crippen LogP contribution < -0.4 is 5.73 Å². The summed E-state index contributed by atoms with van der Waals surface area (Å²) in [6.45, 7) is 2.69. The summed E-state index contributed by atoms with van der Waals surface area (Å²) in [5.41, 5.74) is 5.76. The number of likely N-dealkylation sites (tertiary alicyclic amines) is 1. The van der Waals surface area contributed by atoms with Crippen LogP contribution in [0.1, 0.15) is 35.9 Å². The van der Waals surface area contributed by atoms with E-state index in [1.807, 2.05) is 22.4 Å². The summed E-state index contributed by atoms with van der Waals surface area (Å²) in [5, 5.41) is 1.94. The third-order valence-corrected chi connectivity index (χ3v) is 4.12. The molecule has 1 aliphatic heterocycles. The fourth-order valence-corrected chi connectivity index (χ4v) is 3.08. The summed E-state index contributed by atoms with van der Waals surface area (Å²) in [5.74, 6) is 0.151. The van der Waals surface area contributed by atoms with E-state index >= 15 is 0 Å². The van der Waals surface area contributed by atoms with Crippen LogP contribution in [0, 0.1) is 0 Å². The number of hydrogen-bond acceptors (Lipinski definition) is 3. The molecule has 2 N–H and O–H groups in total. The highest BCUT2D eigenvalue weighted by molar-refractivity contribution is 7.12. The van der Waals surface area contributed by atoms with Crippen molar-refractivity contribution in [2.75, 3.05) is 6.54 Å². The van der Waals surface area contributed by atoms with Crippen molar-refractivity contribution in [3.8, 4) is 0 Å². The van der Waals surface area contributed by atoms with Gasteiger partial charge in [0.25, 0.3) is 5.91 Å². The quantitative estimate of drug-likeness (QED) is 0.857. The minimum Gasteiger partial charge on any atom is -0.331 e. The lowest BCUT2D eigenvalue weighted by Gasteiger charge is -2.40. The third-order valence-electron chi connectivity index (χ3n) is 3.27. The lowest BCUT2D eigenvalue weighted by atomic mass is 9.96. The normalized spacial score (nSPS) is 25.8. The zero-order valence-corrected chi connectivity index (χ0v) is 10.4. The lowest BCUT2D eigenvalue weighted by Crippen LogP contribution is -2.51. The molecule has 2 rings (SSSR count). The van der Waals surface area contributed by atoms with Crippen LogP contribution in [0.5, 0.6) is 0 Å². The summed E-state index contributed by atoms with van der Waals surface area (Å²) in [6, 6.07) is 4.35. The van der Waals surface area contributed by atoms with Gasteiger partial charge in [-0.2, -0.15) is 0 Å². The van der Waals surface area contributed by atoms with E-state index in [-0.39, 0.29) is 11.9 Å². The zero-order chi connectivity index (χ0) is 11.5. The Balaban J connectivity index is 2.19. The number of hydrogen-bond donors (Lipinski definition) is 1. The number of amides is 1. The van der Waals surface area contributed by atoms with Gasteiger partial charge in [0.05, 0.1) is 4.88 Å². The van der Waals surface area contributed by atoms with Crippen LogP contribution in [0.4, 0.5) is 0 Å². The molecular formula is C12H18N2OS. The Kier molecular flexibility index (Phi) is 3.61. The van der Waals surface area contributed by atoms with Gasteiger partial charge in [0.1, 0.15) is 0 Å². The highest BCUT2D eigenvalue weighted by Gasteiger charge is 2.31. The molecule has 2 atom stereocenters. The van der Waals surface area contributed by atoms with E-state index in [9.17, 15) is 4.79 Å². The van der Waals surface area contributed by atoms with E-state index < -0.39 is 0 Å². The maximum Gasteiger partial charge on any atom is 0.264 e. The Labute approximate surface area is 100 Å². The molecule has 0 bridgehead atoms. The van der Waals surface area contributed by atoms with Crippen LogP contribution in [-0.4, -0.2) is 29.4 Å². The highest BCUT2D eigenvalue weighted by atomic mass is 32.1. The van der Waals surface area contributed by atoms with E-state index in [0.717, 1.165) is 17.7 Å². The molecule has 0 aromatic carbocycles. The summed E-state index contributed by atoms with van der Waals surface area (Å²) < 4.78 is 0. The molecule has 1 aliphatic rings. The Morgan fingerprint density at radius 1 is 1.62 bits per heavy atom. The van der Waals surface area contributed by atoms with Gasteiger partial charge in [-0.1, -0.05) is 6.07 Å². The number of carbonyl (C=O) groups is 1. The van der Waals surface area contributed by atoms with E-state index in [0.29, 0.717) is 12.6 Å². The molecule has 1 aromatic heterocycles. The first-order valence-corrected chi connectivity index (χ1v) is 6.68. The lowest BCUT2D eigenvalue weighted by molar-refractivity contribution is 0.0499. The third kappa shape index (κ3) is 2.13. The average Bonchev–Trinajstić information content (AvgIpc) is 2.81. The van der Waals surface area contributed by atoms with Gasteiger partial charge in [-0.3, -0.25) is 4.79 Å². The maximum absolute atomic E-state index is 12.3. The minimum absolute atomic E-state index is 0.151. The first-order chi connectivity index (χ1) is 7.74. The van der Waals surface area contributed by atoms with Gasteiger partial charge < -0.3 is 10.6 Å². The van der Waals surface area contributed by atoms with Crippen molar-refractivity contribution in [2.45, 2.75) is 38.3 Å². The predicted octanol–water partition coefficient (Wildman–Crippen LogP) is 2.09. The number of nitrogens with zero attached hydrogens (tertiary/aromatic N) is 1. The molecule has 1 amide bonds. The van der Waals surface area contributed by atoms with Gasteiger partial charge in [0.15, 0.2) is 0 Å². The zero-order valence-electron chi connectivity index (χ0n) is 9.56. The molecule has 1 aromatic rings. The van der Waals surface area contributed by atoms with Crippen LogP contribution in [0.3, 0.4) is 0 Å². The van der Waals surface area contributed by atoms with E-state index in [1.165, 1.54) is 17.8 Å². The fourth-order valence-electron chi connectivity index (χ4n) is 2.41. The summed E-state index contributed by atoms with van der Waals surface area (Å²) in [6.07, 6.45) is 3.31. The maximum atomic E-state index is 12.3. The number of rotatable bonds is 2. The predicted molar refractivity (Wildman–Crippen MR) is 66.6 cm³/mol. The molecule has 0 saturated carbocycles. The second kappa shape index (κ2) is 4.97. The van der Waals surface area contributed by atoms with Gasteiger partial charge in [0.2, 0.25) is 0 Å². The molecule has 1 saturated heterocycles. The monoisotopic (exact) mass is 238 g/mol. The van der Waals surface area contributed by atoms with Crippen molar-refractivity contribution in [3.63, 3.8) is 0 Å². The van der Waals surface area contributed by atoms with Gasteiger partial charge in [-0.25, -0.2) is 0 Å². The van der Waals surface area contributed by atoms with Crippen molar-refractivity contribution < 1.29 is 4.79 Å². The Morgan fingerprint density at radius 3 is 3.06 bits per heavy atom. The van der Waals surface area contributed by atoms with Gasteiger partial charge in [-0.05, 0) is 37.6 Å². The van der Waals surface area contributed by atoms with Crippen molar-refractivity contribution in [2.24, 2.45) is 5.73 Å². The van der Waals surface area contributed by atoms with Crippen LogP contribution in [-0.2, 0) is 0 Å². The molecule has 4 heteroatoms. The summed E-state index contributed by atoms with van der Waals surface area (Å²) in [7, 11) is 0. The molecule has 0 radical (unpaired) electrons. The average molecular weight is 238 g/mol. The molecule has 2 unspecified atom stereocenters. The number of piperidine rings is 1. The molecule has 1 fully saturated rings. The first kappa shape index (κ1) is 11.6. The topological polar surface area (TPSA) is 46.3 Å². The molecule has 2 heterocycles. The molecule has 3 nitrogen and oxygen atoms in total. The van der Waals surface area contributed by atoms with Crippen LogP contribution in [0.15, 0.2) is 17.5 Å². The van der Waals surface area contributed by atoms with E-state index in [2.05, 4.69) is 6.92 Å². The van der Waals surface area contributed by atoms with Crippen molar-refractivity contribution in [1.82, 2.24) is 4.90 Å². The minimum atomic E-state index is 0.151. The van der Waals surface area contributed by atoms with Gasteiger partial charge in [-0.15, -0.1) is 11.3 Å². The van der Waals surface area contributed by atoms with E-state index in [4.69, 9.17) is 5.73 Å². The van der Waals surface area contributed by atoms with Gasteiger partial charge in [0, 0.05) is 18.6 Å². The van der Waals surface area contributed by atoms with Crippen LogP contribution in [0.25, 0.3) is 0 Å². The molecule has 88 valence electrons. The first-order valence-electron chi connectivity index (χ1n) is 5.80. The summed E-state index contributed by atoms with van der Waals surface area (Å²) in [4.78, 5) is 15.1. The SMILES string of the molecule is CC1CCCC(CN)N1C(=O)c1cccs1. The number of carbonyl (C=O) groups excluding carboxylic acids is 1. The smallest absolute Gasteiger partial charge is 0.264 e. The number of thiophene rings is 1. The van der Waals surface area contributed by atoms with Crippen LogP contribution >= 0.6 is 11.3 Å². The Morgan fingerprint density at radius 2 is 2.44 bits per heavy atom. The second-order valence-corrected chi connectivity index (χ2v) is 5.31. The van der Waals surface area contributed by atoms with Crippen molar-refractivity contribution in [1.29, 1.82) is 0 Å².